The van der Waals surface area contributed by atoms with Crippen molar-refractivity contribution in [3.8, 4) is 0 Å². The number of ether oxygens (including phenoxy) is 2. The minimum Gasteiger partial charge on any atom is -0.481 e. The minimum absolute atomic E-state index is 0.00591. The van der Waals surface area contributed by atoms with Crippen molar-refractivity contribution in [1.29, 1.82) is 0 Å². The van der Waals surface area contributed by atoms with Gasteiger partial charge in [0.15, 0.2) is 5.96 Å². The molecule has 0 saturated carbocycles. The number of carboxylic acid groups (broad SMARTS) is 2. The second kappa shape index (κ2) is 42.0. The fourth-order valence-electron chi connectivity index (χ4n) is 11.0. The molecule has 3 aliphatic rings. The predicted octanol–water partition coefficient (Wildman–Crippen LogP) is -8.63. The average Bonchev–Trinajstić information content (AvgIpc) is 1.79. The lowest BCUT2D eigenvalue weighted by Crippen LogP contribution is -2.59. The summed E-state index contributed by atoms with van der Waals surface area (Å²) in [5.41, 5.74) is 25.9. The van der Waals surface area contributed by atoms with Crippen LogP contribution in [0.5, 0.6) is 0 Å². The zero-order valence-corrected chi connectivity index (χ0v) is 57.6. The van der Waals surface area contributed by atoms with Crippen LogP contribution in [0.25, 0.3) is 10.9 Å². The van der Waals surface area contributed by atoms with Gasteiger partial charge in [-0.25, -0.2) is 0 Å². The number of carboxylic acids is 2. The summed E-state index contributed by atoms with van der Waals surface area (Å²) in [7, 11) is 0. The van der Waals surface area contributed by atoms with Crippen LogP contribution >= 0.6 is 0 Å². The van der Waals surface area contributed by atoms with Gasteiger partial charge in [-0.2, -0.15) is 5.48 Å². The molecule has 42 nitrogen and oxygen atoms in total. The van der Waals surface area contributed by atoms with Crippen LogP contribution in [0.3, 0.4) is 0 Å². The van der Waals surface area contributed by atoms with E-state index in [4.69, 9.17) is 37.2 Å². The first kappa shape index (κ1) is 84.0. The van der Waals surface area contributed by atoms with Crippen molar-refractivity contribution in [3.63, 3.8) is 0 Å². The number of aliphatic carboxylic acids is 2. The summed E-state index contributed by atoms with van der Waals surface area (Å²) in [5, 5.41) is 41.1. The molecular formula is C63H89N19O23. The Kier molecular flexibility index (Phi) is 33.6. The highest BCUT2D eigenvalue weighted by molar-refractivity contribution is 6.13. The zero-order valence-electron chi connectivity index (χ0n) is 57.6. The van der Waals surface area contributed by atoms with Crippen LogP contribution in [0.4, 0.5) is 0 Å². The lowest BCUT2D eigenvalue weighted by molar-refractivity contribution is -0.152. The van der Waals surface area contributed by atoms with Crippen molar-refractivity contribution in [2.45, 2.75) is 133 Å². The number of hydrogen-bond acceptors (Lipinski definition) is 23. The van der Waals surface area contributed by atoms with Crippen LogP contribution in [0, 0.1) is 5.92 Å². The van der Waals surface area contributed by atoms with Crippen LogP contribution in [-0.2, 0) is 107 Å². The van der Waals surface area contributed by atoms with Crippen molar-refractivity contribution in [2.75, 3.05) is 78.8 Å². The maximum atomic E-state index is 14.2. The summed E-state index contributed by atoms with van der Waals surface area (Å²) >= 11 is 0. The smallest absolute Gasteiger partial charge is 0.326 e. The molecule has 0 bridgehead atoms. The van der Waals surface area contributed by atoms with Gasteiger partial charge in [-0.1, -0.05) is 32.0 Å². The molecule has 3 aliphatic heterocycles. The van der Waals surface area contributed by atoms with E-state index in [9.17, 15) is 96.5 Å². The Morgan fingerprint density at radius 3 is 1.86 bits per heavy atom. The summed E-state index contributed by atoms with van der Waals surface area (Å²) in [5.74, 6) is -18.9. The number of carbonyl (C=O) groups excluding carboxylic acids is 16. The fourth-order valence-corrected chi connectivity index (χ4v) is 11.0. The number of aromatic nitrogens is 1. The Morgan fingerprint density at radius 2 is 1.22 bits per heavy atom. The molecule has 105 heavy (non-hydrogen) atoms. The largest absolute Gasteiger partial charge is 0.481 e. The number of carbonyl (C=O) groups is 18. The van der Waals surface area contributed by atoms with Gasteiger partial charge in [0, 0.05) is 61.9 Å². The molecule has 8 atom stereocenters. The van der Waals surface area contributed by atoms with Crippen molar-refractivity contribution in [3.05, 3.63) is 48.2 Å². The highest BCUT2D eigenvalue weighted by atomic mass is 16.7. The Morgan fingerprint density at radius 1 is 0.629 bits per heavy atom. The number of rotatable bonds is 45. The number of imide groups is 1. The maximum absolute atomic E-state index is 14.2. The second-order valence-electron chi connectivity index (χ2n) is 24.5. The summed E-state index contributed by atoms with van der Waals surface area (Å²) < 4.78 is 10.7. The van der Waals surface area contributed by atoms with E-state index >= 15 is 0 Å². The summed E-state index contributed by atoms with van der Waals surface area (Å²) in [4.78, 5) is 247. The van der Waals surface area contributed by atoms with Crippen LogP contribution < -0.4 is 76.3 Å². The van der Waals surface area contributed by atoms with Gasteiger partial charge in [-0.3, -0.25) is 96.2 Å². The number of nitrogens with zero attached hydrogens (tertiary/aromatic N) is 4. The quantitative estimate of drug-likeness (QED) is 0.00963. The Bertz CT molecular complexity index is 3600. The van der Waals surface area contributed by atoms with Crippen LogP contribution in [-0.4, -0.2) is 269 Å². The van der Waals surface area contributed by atoms with Crippen LogP contribution in [0.1, 0.15) is 83.6 Å². The molecule has 1 aromatic carbocycles. The molecule has 0 aliphatic carbocycles. The molecule has 2 saturated heterocycles. The number of nitrogens with two attached hydrogens (primary N) is 4. The van der Waals surface area contributed by atoms with Gasteiger partial charge in [0.1, 0.15) is 54.9 Å². The molecule has 2 aromatic rings. The summed E-state index contributed by atoms with van der Waals surface area (Å²) in [6.45, 7) is -0.453. The zero-order chi connectivity index (χ0) is 77.4. The molecule has 5 rings (SSSR count). The van der Waals surface area contributed by atoms with Gasteiger partial charge < -0.3 is 110 Å². The van der Waals surface area contributed by atoms with Crippen LogP contribution in [0.15, 0.2) is 47.6 Å². The summed E-state index contributed by atoms with van der Waals surface area (Å²) in [6.07, 6.45) is 1.26. The van der Waals surface area contributed by atoms with Crippen molar-refractivity contribution >= 4 is 123 Å². The Labute approximate surface area is 599 Å². The van der Waals surface area contributed by atoms with E-state index in [1.807, 2.05) is 24.3 Å². The number of likely N-dealkylation sites (tertiary alicyclic amines) is 2. The summed E-state index contributed by atoms with van der Waals surface area (Å²) in [6, 6.07) is -4.84. The van der Waals surface area contributed by atoms with E-state index in [1.54, 1.807) is 6.20 Å². The molecule has 2 fully saturated rings. The minimum atomic E-state index is -1.96. The number of amides is 15. The predicted molar refractivity (Wildman–Crippen MR) is 361 cm³/mol. The van der Waals surface area contributed by atoms with E-state index in [1.165, 1.54) is 18.7 Å². The maximum Gasteiger partial charge on any atom is 0.326 e. The molecule has 15 amide bonds. The SMILES string of the molecule is CC(C)[C@H](NC(=O)[C@H](CC(=O)O)NC(=O)CNC(=O)[C@H](CC(=O)O)NC(=O)[C@@H]1CCCN1C(=O)[C@H](CC(N)=O)NC(=O)[C@H](CCCN=C(N)N)NC(=O)COCCOCCNOC(=O)CCN1C(=O)C=CC1=O)C(=O)NCC(=O)NCC(=O)N1CCC[C@H]1C(=O)N[C@@H](Cc1c[nH]c2ccccc12)C(N)=O. The second-order valence-corrected chi connectivity index (χ2v) is 24.5. The van der Waals surface area contributed by atoms with Crippen molar-refractivity contribution in [1.82, 2.24) is 73.0 Å². The third kappa shape index (κ3) is 27.9. The topological polar surface area (TPSA) is 638 Å². The van der Waals surface area contributed by atoms with Gasteiger partial charge in [0.25, 0.3) is 11.8 Å². The van der Waals surface area contributed by atoms with Gasteiger partial charge >= 0.3 is 17.9 Å². The number of nitrogens with one attached hydrogen (secondary N) is 11. The molecule has 42 heteroatoms. The number of hydroxylamine groups is 1. The first-order valence-electron chi connectivity index (χ1n) is 33.3. The van der Waals surface area contributed by atoms with Crippen molar-refractivity contribution < 1.29 is 111 Å². The number of para-hydroxylation sites is 1. The third-order valence-corrected chi connectivity index (χ3v) is 16.2. The molecule has 21 N–H and O–H groups in total. The molecule has 574 valence electrons. The van der Waals surface area contributed by atoms with E-state index in [0.717, 1.165) is 38.4 Å². The number of guanidine groups is 1. The molecule has 0 unspecified atom stereocenters. The van der Waals surface area contributed by atoms with E-state index < -0.39 is 206 Å². The van der Waals surface area contributed by atoms with Gasteiger partial charge in [-0.15, -0.1) is 0 Å². The lowest BCUT2D eigenvalue weighted by Gasteiger charge is -2.30. The van der Waals surface area contributed by atoms with E-state index in [2.05, 4.69) is 63.3 Å². The Balaban J connectivity index is 1.09. The molecule has 0 spiro atoms. The van der Waals surface area contributed by atoms with Crippen LogP contribution in [0.2, 0.25) is 0 Å². The normalized spacial score (nSPS) is 16.3. The highest BCUT2D eigenvalue weighted by Gasteiger charge is 2.42. The first-order chi connectivity index (χ1) is 49.8. The number of aromatic amines is 1. The van der Waals surface area contributed by atoms with E-state index in [-0.39, 0.29) is 103 Å². The number of H-pyrrole nitrogens is 1. The van der Waals surface area contributed by atoms with Gasteiger partial charge in [0.05, 0.1) is 71.7 Å². The average molecular weight is 1480 g/mol. The van der Waals surface area contributed by atoms with Gasteiger partial charge in [-0.05, 0) is 56.1 Å². The van der Waals surface area contributed by atoms with Gasteiger partial charge in [0.2, 0.25) is 76.8 Å². The number of primary amides is 2. The number of hydrogen-bond donors (Lipinski definition) is 17. The molecule has 1 aromatic heterocycles. The Hall–Kier alpha value is -11.7. The molecular weight excluding hydrogens is 1390 g/mol. The molecule has 4 heterocycles. The van der Waals surface area contributed by atoms with E-state index in [0.29, 0.717) is 6.42 Å². The standard InChI is InChI=1S/C63H89N19O23/c1-33(2)54(61(101)72-29-45(84)70-31-50(89)80-18-6-11-42(80)59(99)76-38(55(65)95)24-34-28-69-36-9-4-3-8-35(34)36)79-58(98)40(27-52(92)93)75-46(85)30-71-56(96)39(26-51(90)91)77-60(100)43-12-7-19-81(43)62(102)41(25-44(64)83)78-57(97)37(10-5-16-68-63(66)67)74-47(86)32-104-23-22-103-21-17-73-105-53(94)15-20-82-48(87)13-14-49(82)88/h3-4,8-9,13-14,28,33,37-43,54,69,73H,5-7,10-12,15-27,29-32H2,1-2H3,(H2,64,83)(H2,65,95)(H,70,84)(H,71,96)(H,72,101)(H,74,86)(H,75,85)(H,76,99)(H,77,100)(H,78,97)(H,79,98)(H,90,91)(H,92,93)(H4,66,67,68)/t37-,38-,39-,40-,41-,42-,43-,54-/m0/s1. The highest BCUT2D eigenvalue weighted by Crippen LogP contribution is 2.23. The lowest BCUT2D eigenvalue weighted by atomic mass is 10.0. The van der Waals surface area contributed by atoms with Crippen molar-refractivity contribution in [2.24, 2.45) is 33.8 Å². The third-order valence-electron chi connectivity index (χ3n) is 16.2. The number of benzene rings is 1. The number of fused-ring (bicyclic) bond motifs is 1. The fraction of sp³-hybridized carbons (Fsp3) is 0.540. The first-order valence-corrected chi connectivity index (χ1v) is 33.3. The monoisotopic (exact) mass is 1480 g/mol. The molecule has 0 radical (unpaired) electrons. The number of aliphatic imine (C=N–C) groups is 1.